The summed E-state index contributed by atoms with van der Waals surface area (Å²) in [6, 6.07) is 16.7. The van der Waals surface area contributed by atoms with Gasteiger partial charge in [-0.2, -0.15) is 0 Å². The highest BCUT2D eigenvalue weighted by molar-refractivity contribution is 5.93. The zero-order valence-corrected chi connectivity index (χ0v) is 17.7. The van der Waals surface area contributed by atoms with Gasteiger partial charge in [0.2, 0.25) is 11.8 Å². The van der Waals surface area contributed by atoms with Gasteiger partial charge in [-0.25, -0.2) is 0 Å². The summed E-state index contributed by atoms with van der Waals surface area (Å²) in [5.41, 5.74) is 1.55. The van der Waals surface area contributed by atoms with Crippen LogP contribution in [0.4, 0.5) is 5.69 Å². The fraction of sp³-hybridized carbons (Fsp3) is 0.417. The minimum Gasteiger partial charge on any atom is -0.506 e. The Morgan fingerprint density at radius 3 is 2.30 bits per heavy atom. The van der Waals surface area contributed by atoms with Crippen molar-refractivity contribution in [2.45, 2.75) is 32.7 Å². The predicted molar refractivity (Wildman–Crippen MR) is 118 cm³/mol. The van der Waals surface area contributed by atoms with Gasteiger partial charge in [-0.3, -0.25) is 14.5 Å². The third-order valence-electron chi connectivity index (χ3n) is 5.63. The first-order valence-electron chi connectivity index (χ1n) is 10.6. The molecule has 6 heteroatoms. The Balaban J connectivity index is 1.47. The number of benzene rings is 2. The van der Waals surface area contributed by atoms with E-state index in [-0.39, 0.29) is 29.5 Å². The van der Waals surface area contributed by atoms with E-state index in [1.165, 1.54) is 0 Å². The first-order valence-corrected chi connectivity index (χ1v) is 10.6. The third-order valence-corrected chi connectivity index (χ3v) is 5.63. The Morgan fingerprint density at radius 2 is 1.67 bits per heavy atom. The molecule has 6 nitrogen and oxygen atoms in total. The largest absolute Gasteiger partial charge is 0.506 e. The number of amides is 2. The number of likely N-dealkylation sites (tertiary alicyclic amines) is 1. The molecule has 0 aromatic heterocycles. The summed E-state index contributed by atoms with van der Waals surface area (Å²) in [5.74, 6) is 0.175. The monoisotopic (exact) mass is 409 g/mol. The van der Waals surface area contributed by atoms with E-state index >= 15 is 0 Å². The minimum absolute atomic E-state index is 0.00895. The van der Waals surface area contributed by atoms with Crippen LogP contribution in [-0.4, -0.2) is 41.5 Å². The standard InChI is InChI=1S/C24H31N3O3/c1-17(2)23(18-8-4-3-5-9-18)26-22(29)16-27-14-12-19(13-15-27)24(30)25-20-10-6-7-11-21(20)28/h3-11,17,19,23,28H,12-16H2,1-2H3,(H,25,30)(H,26,29). The molecule has 2 amide bonds. The number of carbonyl (C=O) groups is 2. The first-order chi connectivity index (χ1) is 14.4. The molecule has 1 aliphatic rings. The van der Waals surface area contributed by atoms with Gasteiger partial charge < -0.3 is 15.7 Å². The molecule has 0 aliphatic carbocycles. The van der Waals surface area contributed by atoms with Crippen LogP contribution in [0.2, 0.25) is 0 Å². The number of para-hydroxylation sites is 2. The van der Waals surface area contributed by atoms with Crippen molar-refractivity contribution in [2.75, 3.05) is 25.0 Å². The van der Waals surface area contributed by atoms with E-state index in [9.17, 15) is 14.7 Å². The fourth-order valence-corrected chi connectivity index (χ4v) is 3.88. The van der Waals surface area contributed by atoms with Gasteiger partial charge in [0, 0.05) is 5.92 Å². The molecule has 0 saturated carbocycles. The molecule has 0 radical (unpaired) electrons. The van der Waals surface area contributed by atoms with Crippen LogP contribution >= 0.6 is 0 Å². The first kappa shape index (κ1) is 21.8. The number of carbonyl (C=O) groups excluding carboxylic acids is 2. The fourth-order valence-electron chi connectivity index (χ4n) is 3.88. The number of phenolic OH excluding ortho intramolecular Hbond substituents is 1. The van der Waals surface area contributed by atoms with E-state index in [0.29, 0.717) is 44.1 Å². The SMILES string of the molecule is CC(C)C(NC(=O)CN1CCC(C(=O)Nc2ccccc2O)CC1)c1ccccc1. The Morgan fingerprint density at radius 1 is 1.03 bits per heavy atom. The average molecular weight is 410 g/mol. The smallest absolute Gasteiger partial charge is 0.234 e. The van der Waals surface area contributed by atoms with Gasteiger partial charge in [0.15, 0.2) is 0 Å². The molecule has 0 bridgehead atoms. The second-order valence-electron chi connectivity index (χ2n) is 8.26. The summed E-state index contributed by atoms with van der Waals surface area (Å²) in [4.78, 5) is 27.2. The van der Waals surface area contributed by atoms with E-state index < -0.39 is 0 Å². The second kappa shape index (κ2) is 10.3. The van der Waals surface area contributed by atoms with Crippen LogP contribution in [0.3, 0.4) is 0 Å². The molecule has 2 aromatic rings. The molecular weight excluding hydrogens is 378 g/mol. The predicted octanol–water partition coefficient (Wildman–Crippen LogP) is 3.56. The summed E-state index contributed by atoms with van der Waals surface area (Å²) in [6.45, 7) is 5.94. The molecular formula is C24H31N3O3. The van der Waals surface area contributed by atoms with Crippen LogP contribution in [-0.2, 0) is 9.59 Å². The lowest BCUT2D eigenvalue weighted by molar-refractivity contribution is -0.124. The van der Waals surface area contributed by atoms with E-state index in [1.54, 1.807) is 24.3 Å². The van der Waals surface area contributed by atoms with Gasteiger partial charge in [0.1, 0.15) is 5.75 Å². The van der Waals surface area contributed by atoms with Gasteiger partial charge in [-0.15, -0.1) is 0 Å². The molecule has 1 aliphatic heterocycles. The van der Waals surface area contributed by atoms with E-state index in [0.717, 1.165) is 5.56 Å². The number of piperidine rings is 1. The molecule has 0 spiro atoms. The van der Waals surface area contributed by atoms with Crippen molar-refractivity contribution in [1.82, 2.24) is 10.2 Å². The van der Waals surface area contributed by atoms with Crippen molar-refractivity contribution in [3.8, 4) is 5.75 Å². The molecule has 1 fully saturated rings. The molecule has 160 valence electrons. The topological polar surface area (TPSA) is 81.7 Å². The van der Waals surface area contributed by atoms with Crippen LogP contribution in [0, 0.1) is 11.8 Å². The van der Waals surface area contributed by atoms with Crippen LogP contribution < -0.4 is 10.6 Å². The van der Waals surface area contributed by atoms with E-state index in [1.807, 2.05) is 30.3 Å². The zero-order chi connectivity index (χ0) is 21.5. The Kier molecular flexibility index (Phi) is 7.46. The summed E-state index contributed by atoms with van der Waals surface area (Å²) in [7, 11) is 0. The lowest BCUT2D eigenvalue weighted by Gasteiger charge is -2.31. The summed E-state index contributed by atoms with van der Waals surface area (Å²) < 4.78 is 0. The van der Waals surface area contributed by atoms with Crippen molar-refractivity contribution >= 4 is 17.5 Å². The number of hydrogen-bond donors (Lipinski definition) is 3. The van der Waals surface area contributed by atoms with Gasteiger partial charge in [0.25, 0.3) is 0 Å². The van der Waals surface area contributed by atoms with Crippen molar-refractivity contribution in [3.05, 3.63) is 60.2 Å². The zero-order valence-electron chi connectivity index (χ0n) is 17.7. The average Bonchev–Trinajstić information content (AvgIpc) is 2.74. The van der Waals surface area contributed by atoms with Crippen molar-refractivity contribution in [1.29, 1.82) is 0 Å². The Labute approximate surface area is 178 Å². The Hall–Kier alpha value is -2.86. The normalized spacial score (nSPS) is 16.2. The Bertz CT molecular complexity index is 846. The molecule has 30 heavy (non-hydrogen) atoms. The second-order valence-corrected chi connectivity index (χ2v) is 8.26. The molecule has 1 heterocycles. The van der Waals surface area contributed by atoms with Gasteiger partial charge in [-0.1, -0.05) is 56.3 Å². The summed E-state index contributed by atoms with van der Waals surface area (Å²) in [6.07, 6.45) is 1.39. The number of phenols is 1. The summed E-state index contributed by atoms with van der Waals surface area (Å²) >= 11 is 0. The van der Waals surface area contributed by atoms with Crippen molar-refractivity contribution in [2.24, 2.45) is 11.8 Å². The maximum Gasteiger partial charge on any atom is 0.234 e. The number of rotatable bonds is 7. The number of nitrogens with zero attached hydrogens (tertiary/aromatic N) is 1. The van der Waals surface area contributed by atoms with Crippen LogP contribution in [0.1, 0.15) is 38.3 Å². The molecule has 3 rings (SSSR count). The van der Waals surface area contributed by atoms with E-state index in [4.69, 9.17) is 0 Å². The number of aromatic hydroxyl groups is 1. The van der Waals surface area contributed by atoms with Crippen LogP contribution in [0.5, 0.6) is 5.75 Å². The third kappa shape index (κ3) is 5.83. The van der Waals surface area contributed by atoms with Crippen molar-refractivity contribution < 1.29 is 14.7 Å². The van der Waals surface area contributed by atoms with Gasteiger partial charge >= 0.3 is 0 Å². The van der Waals surface area contributed by atoms with Crippen molar-refractivity contribution in [3.63, 3.8) is 0 Å². The molecule has 1 unspecified atom stereocenters. The minimum atomic E-state index is -0.114. The molecule has 2 aromatic carbocycles. The highest BCUT2D eigenvalue weighted by Gasteiger charge is 2.27. The molecule has 3 N–H and O–H groups in total. The molecule has 1 atom stereocenters. The lowest BCUT2D eigenvalue weighted by Crippen LogP contribution is -2.44. The highest BCUT2D eigenvalue weighted by Crippen LogP contribution is 2.25. The van der Waals surface area contributed by atoms with Gasteiger partial charge in [-0.05, 0) is 49.5 Å². The quantitative estimate of drug-likeness (QED) is 0.611. The number of anilines is 1. The molecule has 1 saturated heterocycles. The van der Waals surface area contributed by atoms with Gasteiger partial charge in [0.05, 0.1) is 18.3 Å². The number of hydrogen-bond acceptors (Lipinski definition) is 4. The maximum absolute atomic E-state index is 12.6. The maximum atomic E-state index is 12.6. The van der Waals surface area contributed by atoms with Crippen LogP contribution in [0.15, 0.2) is 54.6 Å². The highest BCUT2D eigenvalue weighted by atomic mass is 16.3. The lowest BCUT2D eigenvalue weighted by atomic mass is 9.95. The van der Waals surface area contributed by atoms with Crippen LogP contribution in [0.25, 0.3) is 0 Å². The summed E-state index contributed by atoms with van der Waals surface area (Å²) in [5, 5.41) is 15.8. The number of nitrogens with one attached hydrogen (secondary N) is 2. The van der Waals surface area contributed by atoms with E-state index in [2.05, 4.69) is 29.4 Å².